The molecule has 1 fully saturated rings. The predicted molar refractivity (Wildman–Crippen MR) is 80.3 cm³/mol. The Hall–Kier alpha value is -1.64. The summed E-state index contributed by atoms with van der Waals surface area (Å²) in [5.74, 6) is -0.374. The van der Waals surface area contributed by atoms with E-state index in [-0.39, 0.29) is 22.3 Å². The number of nitrogens with two attached hydrogens (primary N) is 1. The van der Waals surface area contributed by atoms with Gasteiger partial charge in [0.2, 0.25) is 10.0 Å². The summed E-state index contributed by atoms with van der Waals surface area (Å²) >= 11 is 0. The first-order valence-corrected chi connectivity index (χ1v) is 8.36. The van der Waals surface area contributed by atoms with E-state index in [1.165, 1.54) is 36.7 Å². The molecule has 22 heavy (non-hydrogen) atoms. The largest absolute Gasteiger partial charge is 0.496 e. The van der Waals surface area contributed by atoms with Crippen molar-refractivity contribution in [2.75, 3.05) is 27.3 Å². The van der Waals surface area contributed by atoms with Gasteiger partial charge in [0.05, 0.1) is 19.1 Å². The summed E-state index contributed by atoms with van der Waals surface area (Å²) < 4.78 is 36.4. The Kier molecular flexibility index (Phi) is 5.05. The number of methoxy groups -OCH3 is 2. The van der Waals surface area contributed by atoms with Crippen molar-refractivity contribution in [1.29, 1.82) is 0 Å². The van der Waals surface area contributed by atoms with Crippen LogP contribution in [0.2, 0.25) is 0 Å². The fourth-order valence-electron chi connectivity index (χ4n) is 2.38. The number of benzene rings is 1. The van der Waals surface area contributed by atoms with Crippen molar-refractivity contribution < 1.29 is 22.7 Å². The quantitative estimate of drug-likeness (QED) is 0.812. The van der Waals surface area contributed by atoms with E-state index in [4.69, 9.17) is 10.5 Å². The fraction of sp³-hybridized carbons (Fsp3) is 0.500. The molecule has 1 heterocycles. The molecular formula is C14H20N2O5S. The van der Waals surface area contributed by atoms with E-state index < -0.39 is 16.0 Å². The van der Waals surface area contributed by atoms with Gasteiger partial charge in [-0.3, -0.25) is 0 Å². The molecule has 1 saturated heterocycles. The molecule has 8 heteroatoms. The number of hydrogen-bond acceptors (Lipinski definition) is 6. The van der Waals surface area contributed by atoms with E-state index in [9.17, 15) is 13.2 Å². The monoisotopic (exact) mass is 328 g/mol. The third-order valence-corrected chi connectivity index (χ3v) is 5.61. The first-order valence-electron chi connectivity index (χ1n) is 6.92. The minimum Gasteiger partial charge on any atom is -0.496 e. The Morgan fingerprint density at radius 3 is 2.45 bits per heavy atom. The van der Waals surface area contributed by atoms with Crippen LogP contribution in [0.25, 0.3) is 0 Å². The van der Waals surface area contributed by atoms with Gasteiger partial charge in [-0.05, 0) is 31.0 Å². The second-order valence-electron chi connectivity index (χ2n) is 5.10. The van der Waals surface area contributed by atoms with Gasteiger partial charge in [0.1, 0.15) is 11.3 Å². The molecule has 0 bridgehead atoms. The maximum Gasteiger partial charge on any atom is 0.341 e. The van der Waals surface area contributed by atoms with Crippen LogP contribution in [0.4, 0.5) is 0 Å². The van der Waals surface area contributed by atoms with Crippen LogP contribution in [-0.2, 0) is 14.8 Å². The Morgan fingerprint density at radius 2 is 1.91 bits per heavy atom. The second kappa shape index (κ2) is 6.64. The summed E-state index contributed by atoms with van der Waals surface area (Å²) in [6.45, 7) is 0.756. The molecule has 7 nitrogen and oxygen atoms in total. The zero-order chi connectivity index (χ0) is 16.3. The topological polar surface area (TPSA) is 98.9 Å². The van der Waals surface area contributed by atoms with Crippen molar-refractivity contribution in [1.82, 2.24) is 4.31 Å². The van der Waals surface area contributed by atoms with E-state index in [0.29, 0.717) is 25.9 Å². The first-order chi connectivity index (χ1) is 10.4. The molecule has 122 valence electrons. The minimum absolute atomic E-state index is 0.0351. The summed E-state index contributed by atoms with van der Waals surface area (Å²) in [4.78, 5) is 11.8. The third-order valence-electron chi connectivity index (χ3n) is 3.71. The number of piperidine rings is 1. The van der Waals surface area contributed by atoms with Crippen molar-refractivity contribution in [2.45, 2.75) is 23.8 Å². The Morgan fingerprint density at radius 1 is 1.27 bits per heavy atom. The van der Waals surface area contributed by atoms with Gasteiger partial charge in [-0.15, -0.1) is 0 Å². The molecule has 0 radical (unpaired) electrons. The number of carbonyl (C=O) groups is 1. The van der Waals surface area contributed by atoms with Crippen LogP contribution in [0, 0.1) is 0 Å². The summed E-state index contributed by atoms with van der Waals surface area (Å²) in [5, 5.41) is 0. The fourth-order valence-corrected chi connectivity index (χ4v) is 3.88. The molecule has 1 aliphatic rings. The SMILES string of the molecule is COC(=O)c1cc(S(=O)(=O)N2CCC(N)CC2)ccc1OC. The highest BCUT2D eigenvalue weighted by Crippen LogP contribution is 2.26. The van der Waals surface area contributed by atoms with Gasteiger partial charge in [-0.2, -0.15) is 4.31 Å². The summed E-state index contributed by atoms with van der Waals surface area (Å²) in [6.07, 6.45) is 1.25. The summed E-state index contributed by atoms with van der Waals surface area (Å²) in [5.41, 5.74) is 5.88. The minimum atomic E-state index is -3.66. The molecular weight excluding hydrogens is 308 g/mol. The Balaban J connectivity index is 2.37. The van der Waals surface area contributed by atoms with Crippen LogP contribution < -0.4 is 10.5 Å². The predicted octanol–water partition coefficient (Wildman–Crippen LogP) is 0.594. The van der Waals surface area contributed by atoms with E-state index in [0.717, 1.165) is 0 Å². The van der Waals surface area contributed by atoms with Gasteiger partial charge >= 0.3 is 5.97 Å². The number of nitrogens with zero attached hydrogens (tertiary/aromatic N) is 1. The molecule has 1 aromatic carbocycles. The number of ether oxygens (including phenoxy) is 2. The highest BCUT2D eigenvalue weighted by molar-refractivity contribution is 7.89. The van der Waals surface area contributed by atoms with Gasteiger partial charge < -0.3 is 15.2 Å². The van der Waals surface area contributed by atoms with Gasteiger partial charge in [-0.1, -0.05) is 0 Å². The van der Waals surface area contributed by atoms with Crippen molar-refractivity contribution in [3.05, 3.63) is 23.8 Å². The normalized spacial score (nSPS) is 17.2. The number of carbonyl (C=O) groups excluding carboxylic acids is 1. The van der Waals surface area contributed by atoms with Crippen molar-refractivity contribution >= 4 is 16.0 Å². The average molecular weight is 328 g/mol. The molecule has 2 rings (SSSR count). The highest BCUT2D eigenvalue weighted by Gasteiger charge is 2.29. The summed E-state index contributed by atoms with van der Waals surface area (Å²) in [6, 6.07) is 4.20. The van der Waals surface area contributed by atoms with Gasteiger partial charge in [0.25, 0.3) is 0 Å². The zero-order valence-electron chi connectivity index (χ0n) is 12.6. The van der Waals surface area contributed by atoms with Crippen LogP contribution >= 0.6 is 0 Å². The van der Waals surface area contributed by atoms with Crippen molar-refractivity contribution in [3.8, 4) is 5.75 Å². The molecule has 0 saturated carbocycles. The average Bonchev–Trinajstić information content (AvgIpc) is 2.53. The van der Waals surface area contributed by atoms with Crippen molar-refractivity contribution in [2.24, 2.45) is 5.73 Å². The molecule has 1 aromatic rings. The summed E-state index contributed by atoms with van der Waals surface area (Å²) in [7, 11) is -1.02. The highest BCUT2D eigenvalue weighted by atomic mass is 32.2. The number of sulfonamides is 1. The van der Waals surface area contributed by atoms with Gasteiger partial charge in [0.15, 0.2) is 0 Å². The Bertz CT molecular complexity index is 651. The van der Waals surface area contributed by atoms with Crippen LogP contribution in [0.5, 0.6) is 5.75 Å². The van der Waals surface area contributed by atoms with E-state index in [1.807, 2.05) is 0 Å². The van der Waals surface area contributed by atoms with Crippen LogP contribution in [-0.4, -0.2) is 52.0 Å². The molecule has 0 aliphatic carbocycles. The second-order valence-corrected chi connectivity index (χ2v) is 7.03. The maximum absolute atomic E-state index is 12.6. The standard InChI is InChI=1S/C14H20N2O5S/c1-20-13-4-3-11(9-12(13)14(17)21-2)22(18,19)16-7-5-10(15)6-8-16/h3-4,9-10H,5-8,15H2,1-2H3. The van der Waals surface area contributed by atoms with Gasteiger partial charge in [-0.25, -0.2) is 13.2 Å². The zero-order valence-corrected chi connectivity index (χ0v) is 13.4. The molecule has 1 aliphatic heterocycles. The molecule has 0 aromatic heterocycles. The molecule has 0 atom stereocenters. The van der Waals surface area contributed by atoms with E-state index >= 15 is 0 Å². The number of esters is 1. The lowest BCUT2D eigenvalue weighted by molar-refractivity contribution is 0.0597. The Labute approximate surface area is 130 Å². The van der Waals surface area contributed by atoms with E-state index in [2.05, 4.69) is 4.74 Å². The number of hydrogen-bond donors (Lipinski definition) is 1. The van der Waals surface area contributed by atoms with Gasteiger partial charge in [0, 0.05) is 19.1 Å². The van der Waals surface area contributed by atoms with E-state index in [1.54, 1.807) is 0 Å². The lowest BCUT2D eigenvalue weighted by atomic mass is 10.1. The first kappa shape index (κ1) is 16.7. The molecule has 0 spiro atoms. The smallest absolute Gasteiger partial charge is 0.341 e. The van der Waals surface area contributed by atoms with Crippen molar-refractivity contribution in [3.63, 3.8) is 0 Å². The lowest BCUT2D eigenvalue weighted by Gasteiger charge is -2.29. The molecule has 0 unspecified atom stereocenters. The van der Waals surface area contributed by atoms with Crippen LogP contribution in [0.1, 0.15) is 23.2 Å². The van der Waals surface area contributed by atoms with Crippen LogP contribution in [0.15, 0.2) is 23.1 Å². The van der Waals surface area contributed by atoms with Crippen LogP contribution in [0.3, 0.4) is 0 Å². The maximum atomic E-state index is 12.6. The lowest BCUT2D eigenvalue weighted by Crippen LogP contribution is -2.42. The molecule has 0 amide bonds. The molecule has 2 N–H and O–H groups in total. The third kappa shape index (κ3) is 3.23. The number of rotatable bonds is 4.